The minimum atomic E-state index is -0.656. The number of nitrogens with zero attached hydrogens (tertiary/aromatic N) is 3. The molecule has 1 unspecified atom stereocenters. The van der Waals surface area contributed by atoms with E-state index in [2.05, 4.69) is 73.9 Å². The number of amides is 2. The van der Waals surface area contributed by atoms with Crippen LogP contribution in [0.25, 0.3) is 0 Å². The van der Waals surface area contributed by atoms with Gasteiger partial charge in [-0.25, -0.2) is 0 Å². The van der Waals surface area contributed by atoms with Gasteiger partial charge in [0.15, 0.2) is 0 Å². The van der Waals surface area contributed by atoms with E-state index in [0.717, 1.165) is 30.8 Å². The van der Waals surface area contributed by atoms with E-state index in [-0.39, 0.29) is 12.6 Å². The highest BCUT2D eigenvalue weighted by atomic mass is 16.2. The van der Waals surface area contributed by atoms with Gasteiger partial charge >= 0.3 is 11.8 Å². The first kappa shape index (κ1) is 23.4. The molecule has 0 saturated heterocycles. The maximum Gasteiger partial charge on any atom is 0.309 e. The molecule has 1 atom stereocenters. The molecule has 0 fully saturated rings. The van der Waals surface area contributed by atoms with Gasteiger partial charge in [-0.1, -0.05) is 42.5 Å². The molecule has 1 aromatic heterocycles. The predicted molar refractivity (Wildman–Crippen MR) is 133 cm³/mol. The number of carbonyl (C=O) groups excluding carboxylic acids is 2. The quantitative estimate of drug-likeness (QED) is 0.534. The lowest BCUT2D eigenvalue weighted by Gasteiger charge is -2.36. The van der Waals surface area contributed by atoms with E-state index >= 15 is 0 Å². The standard InChI is InChI=1S/C27H31N5O2/c1-31(2)24-12-10-21(11-13-24)25(32-16-14-20-7-3-4-8-22(20)19-32)18-30-27(34)26(33)29-17-23-9-5-6-15-28-23/h3-13,15,25H,14,16-19H2,1-2H3,(H,29,33)(H,30,34). The summed E-state index contributed by atoms with van der Waals surface area (Å²) in [6.45, 7) is 2.25. The summed E-state index contributed by atoms with van der Waals surface area (Å²) in [7, 11) is 4.02. The topological polar surface area (TPSA) is 77.6 Å². The second kappa shape index (κ2) is 10.9. The number of pyridine rings is 1. The molecule has 1 aliphatic rings. The number of carbonyl (C=O) groups is 2. The van der Waals surface area contributed by atoms with Crippen LogP contribution in [0.4, 0.5) is 5.69 Å². The summed E-state index contributed by atoms with van der Waals surface area (Å²) in [6, 6.07) is 22.3. The molecule has 0 saturated carbocycles. The molecule has 7 heteroatoms. The maximum atomic E-state index is 12.6. The van der Waals surface area contributed by atoms with E-state index in [4.69, 9.17) is 0 Å². The summed E-state index contributed by atoms with van der Waals surface area (Å²) in [4.78, 5) is 33.5. The van der Waals surface area contributed by atoms with Gasteiger partial charge in [-0.15, -0.1) is 0 Å². The van der Waals surface area contributed by atoms with Gasteiger partial charge in [-0.05, 0) is 47.4 Å². The Morgan fingerprint density at radius 3 is 2.35 bits per heavy atom. The molecule has 0 bridgehead atoms. The second-order valence-corrected chi connectivity index (χ2v) is 8.70. The fourth-order valence-corrected chi connectivity index (χ4v) is 4.26. The third-order valence-electron chi connectivity index (χ3n) is 6.21. The molecule has 0 aliphatic carbocycles. The molecule has 0 spiro atoms. The lowest BCUT2D eigenvalue weighted by molar-refractivity contribution is -0.139. The highest BCUT2D eigenvalue weighted by molar-refractivity contribution is 6.35. The van der Waals surface area contributed by atoms with Crippen LogP contribution in [0.3, 0.4) is 0 Å². The second-order valence-electron chi connectivity index (χ2n) is 8.70. The molecule has 2 N–H and O–H groups in total. The van der Waals surface area contributed by atoms with E-state index in [1.165, 1.54) is 11.1 Å². The van der Waals surface area contributed by atoms with Crippen LogP contribution in [-0.2, 0) is 29.1 Å². The minimum Gasteiger partial charge on any atom is -0.378 e. The molecule has 4 rings (SSSR count). The molecular formula is C27H31N5O2. The molecule has 2 amide bonds. The molecule has 7 nitrogen and oxygen atoms in total. The van der Waals surface area contributed by atoms with E-state index in [1.807, 2.05) is 26.2 Å². The molecular weight excluding hydrogens is 426 g/mol. The molecule has 34 heavy (non-hydrogen) atoms. The zero-order valence-electron chi connectivity index (χ0n) is 19.7. The smallest absolute Gasteiger partial charge is 0.309 e. The van der Waals surface area contributed by atoms with Crippen LogP contribution in [0.5, 0.6) is 0 Å². The Balaban J connectivity index is 1.44. The first-order valence-corrected chi connectivity index (χ1v) is 11.6. The lowest BCUT2D eigenvalue weighted by atomic mass is 9.96. The van der Waals surface area contributed by atoms with E-state index in [1.54, 1.807) is 12.3 Å². The number of nitrogens with one attached hydrogen (secondary N) is 2. The SMILES string of the molecule is CN(C)c1ccc(C(CNC(=O)C(=O)NCc2ccccn2)N2CCc3ccccc3C2)cc1. The highest BCUT2D eigenvalue weighted by Gasteiger charge is 2.26. The number of rotatable bonds is 7. The summed E-state index contributed by atoms with van der Waals surface area (Å²) < 4.78 is 0. The van der Waals surface area contributed by atoms with Crippen molar-refractivity contribution in [2.45, 2.75) is 25.6 Å². The zero-order valence-corrected chi connectivity index (χ0v) is 19.7. The van der Waals surface area contributed by atoms with Gasteiger partial charge in [0.1, 0.15) is 0 Å². The van der Waals surface area contributed by atoms with Crippen LogP contribution in [0, 0.1) is 0 Å². The molecule has 2 aromatic carbocycles. The van der Waals surface area contributed by atoms with Gasteiger partial charge in [-0.3, -0.25) is 19.5 Å². The summed E-state index contributed by atoms with van der Waals surface area (Å²) in [6.07, 6.45) is 2.62. The van der Waals surface area contributed by atoms with Crippen molar-refractivity contribution in [1.29, 1.82) is 0 Å². The monoisotopic (exact) mass is 457 g/mol. The van der Waals surface area contributed by atoms with Crippen LogP contribution < -0.4 is 15.5 Å². The number of hydrogen-bond acceptors (Lipinski definition) is 5. The van der Waals surface area contributed by atoms with Gasteiger partial charge in [0.25, 0.3) is 0 Å². The summed E-state index contributed by atoms with van der Waals surface area (Å²) in [5, 5.41) is 5.49. The number of aromatic nitrogens is 1. The average Bonchev–Trinajstić information content (AvgIpc) is 2.88. The van der Waals surface area contributed by atoms with Crippen molar-refractivity contribution in [3.05, 3.63) is 95.3 Å². The number of fused-ring (bicyclic) bond motifs is 1. The normalized spacial score (nSPS) is 14.1. The first-order valence-electron chi connectivity index (χ1n) is 11.6. The zero-order chi connectivity index (χ0) is 23.9. The predicted octanol–water partition coefficient (Wildman–Crippen LogP) is 2.68. The Morgan fingerprint density at radius 1 is 0.941 bits per heavy atom. The van der Waals surface area contributed by atoms with Crippen molar-refractivity contribution < 1.29 is 9.59 Å². The first-order chi connectivity index (χ1) is 16.5. The Labute approximate surface area is 200 Å². The highest BCUT2D eigenvalue weighted by Crippen LogP contribution is 2.28. The number of hydrogen-bond donors (Lipinski definition) is 2. The Morgan fingerprint density at radius 2 is 1.65 bits per heavy atom. The summed E-state index contributed by atoms with van der Waals surface area (Å²) in [5.74, 6) is -1.29. The van der Waals surface area contributed by atoms with E-state index < -0.39 is 11.8 Å². The number of benzene rings is 2. The van der Waals surface area contributed by atoms with Crippen molar-refractivity contribution >= 4 is 17.5 Å². The Hall–Kier alpha value is -3.71. The molecule has 0 radical (unpaired) electrons. The van der Waals surface area contributed by atoms with Gasteiger partial charge in [0.2, 0.25) is 0 Å². The van der Waals surface area contributed by atoms with Crippen LogP contribution in [0.2, 0.25) is 0 Å². The van der Waals surface area contributed by atoms with Crippen molar-refractivity contribution in [2.24, 2.45) is 0 Å². The molecule has 3 aromatic rings. The van der Waals surface area contributed by atoms with Crippen LogP contribution in [0.15, 0.2) is 72.9 Å². The van der Waals surface area contributed by atoms with Crippen LogP contribution >= 0.6 is 0 Å². The molecule has 176 valence electrons. The summed E-state index contributed by atoms with van der Waals surface area (Å²) in [5.41, 5.74) is 5.61. The molecule has 1 aliphatic heterocycles. The third kappa shape index (κ3) is 5.80. The largest absolute Gasteiger partial charge is 0.378 e. The third-order valence-corrected chi connectivity index (χ3v) is 6.21. The summed E-state index contributed by atoms with van der Waals surface area (Å²) >= 11 is 0. The lowest BCUT2D eigenvalue weighted by Crippen LogP contribution is -2.45. The van der Waals surface area contributed by atoms with Gasteiger partial charge in [0.05, 0.1) is 18.3 Å². The average molecular weight is 458 g/mol. The van der Waals surface area contributed by atoms with Crippen molar-refractivity contribution in [3.8, 4) is 0 Å². The fraction of sp³-hybridized carbons (Fsp3) is 0.296. The molecule has 2 heterocycles. The van der Waals surface area contributed by atoms with E-state index in [9.17, 15) is 9.59 Å². The van der Waals surface area contributed by atoms with Gasteiger partial charge in [0, 0.05) is 45.6 Å². The van der Waals surface area contributed by atoms with E-state index in [0.29, 0.717) is 12.2 Å². The number of anilines is 1. The fourth-order valence-electron chi connectivity index (χ4n) is 4.26. The van der Waals surface area contributed by atoms with Crippen LogP contribution in [-0.4, -0.2) is 48.9 Å². The minimum absolute atomic E-state index is 0.0443. The van der Waals surface area contributed by atoms with Crippen molar-refractivity contribution in [2.75, 3.05) is 32.1 Å². The van der Waals surface area contributed by atoms with Crippen molar-refractivity contribution in [3.63, 3.8) is 0 Å². The Bertz CT molecular complexity index is 1120. The van der Waals surface area contributed by atoms with Gasteiger partial charge < -0.3 is 15.5 Å². The maximum absolute atomic E-state index is 12.6. The van der Waals surface area contributed by atoms with Gasteiger partial charge in [-0.2, -0.15) is 0 Å². The van der Waals surface area contributed by atoms with Crippen molar-refractivity contribution in [1.82, 2.24) is 20.5 Å². The Kier molecular flexibility index (Phi) is 7.54. The van der Waals surface area contributed by atoms with Crippen LogP contribution in [0.1, 0.15) is 28.4 Å².